The van der Waals surface area contributed by atoms with Crippen LogP contribution in [-0.2, 0) is 4.79 Å². The first kappa shape index (κ1) is 21.2. The molecule has 9 nitrogen and oxygen atoms in total. The van der Waals surface area contributed by atoms with Crippen LogP contribution in [0.1, 0.15) is 18.5 Å². The summed E-state index contributed by atoms with van der Waals surface area (Å²) >= 11 is 0. The van der Waals surface area contributed by atoms with Gasteiger partial charge in [0.15, 0.2) is 5.82 Å². The van der Waals surface area contributed by atoms with Crippen molar-refractivity contribution >= 4 is 17.5 Å². The number of nitrogens with zero attached hydrogens (tertiary/aromatic N) is 4. The zero-order valence-corrected chi connectivity index (χ0v) is 18.6. The zero-order valence-electron chi connectivity index (χ0n) is 18.6. The number of hydrogen-bond donors (Lipinski definition) is 3. The summed E-state index contributed by atoms with van der Waals surface area (Å²) in [6, 6.07) is 17.0. The smallest absolute Gasteiger partial charge is 0.255 e. The van der Waals surface area contributed by atoms with Crippen LogP contribution >= 0.6 is 0 Å². The van der Waals surface area contributed by atoms with E-state index in [-0.39, 0.29) is 11.7 Å². The van der Waals surface area contributed by atoms with Crippen LogP contribution in [0.4, 0.5) is 11.6 Å². The van der Waals surface area contributed by atoms with Crippen molar-refractivity contribution in [3.8, 4) is 22.9 Å². The monoisotopic (exact) mass is 454 g/mol. The molecule has 170 valence electrons. The summed E-state index contributed by atoms with van der Waals surface area (Å²) in [5.74, 6) is 1.40. The highest BCUT2D eigenvalue weighted by Crippen LogP contribution is 2.37. The van der Waals surface area contributed by atoms with E-state index in [1.54, 1.807) is 60.6 Å². The Bertz CT molecular complexity index is 1380. The second-order valence-corrected chi connectivity index (χ2v) is 7.75. The molecule has 5 rings (SSSR count). The van der Waals surface area contributed by atoms with E-state index < -0.39 is 6.04 Å². The SMILES string of the molecule is COc1ccccc1NC(=O)C1=C(C)Nc2nc(-c3ccncc3)nn2C1c1ccc(O)cc1. The molecule has 2 aromatic carbocycles. The lowest BCUT2D eigenvalue weighted by atomic mass is 9.95. The average Bonchev–Trinajstić information content (AvgIpc) is 3.28. The van der Waals surface area contributed by atoms with Gasteiger partial charge < -0.3 is 20.5 Å². The van der Waals surface area contributed by atoms with Gasteiger partial charge in [-0.05, 0) is 48.9 Å². The number of aromatic hydroxyl groups is 1. The fraction of sp³-hybridized carbons (Fsp3) is 0.120. The number of benzene rings is 2. The molecule has 0 fully saturated rings. The Morgan fingerprint density at radius 3 is 2.56 bits per heavy atom. The highest BCUT2D eigenvalue weighted by molar-refractivity contribution is 6.06. The quantitative estimate of drug-likeness (QED) is 0.418. The molecule has 34 heavy (non-hydrogen) atoms. The van der Waals surface area contributed by atoms with Gasteiger partial charge in [0.2, 0.25) is 5.95 Å². The molecule has 0 bridgehead atoms. The van der Waals surface area contributed by atoms with Crippen molar-refractivity contribution in [2.75, 3.05) is 17.7 Å². The number of ether oxygens (including phenoxy) is 1. The molecule has 0 radical (unpaired) electrons. The van der Waals surface area contributed by atoms with E-state index in [9.17, 15) is 9.90 Å². The van der Waals surface area contributed by atoms with E-state index in [4.69, 9.17) is 9.84 Å². The highest BCUT2D eigenvalue weighted by atomic mass is 16.5. The minimum Gasteiger partial charge on any atom is -0.508 e. The maximum Gasteiger partial charge on any atom is 0.255 e. The minimum absolute atomic E-state index is 0.134. The number of amides is 1. The van der Waals surface area contributed by atoms with Crippen molar-refractivity contribution < 1.29 is 14.6 Å². The molecule has 1 unspecified atom stereocenters. The number of phenolic OH excluding ortho intramolecular Hbond substituents is 1. The number of phenols is 1. The van der Waals surface area contributed by atoms with Crippen molar-refractivity contribution in [1.82, 2.24) is 19.7 Å². The summed E-state index contributed by atoms with van der Waals surface area (Å²) in [5, 5.41) is 20.7. The van der Waals surface area contributed by atoms with Gasteiger partial charge in [0.05, 0.1) is 18.4 Å². The molecule has 1 aliphatic rings. The maximum absolute atomic E-state index is 13.6. The summed E-state index contributed by atoms with van der Waals surface area (Å²) in [5.41, 5.74) is 3.25. The molecule has 1 amide bonds. The average molecular weight is 454 g/mol. The number of carbonyl (C=O) groups excluding carboxylic acids is 1. The standard InChI is InChI=1S/C25H22N6O3/c1-15-21(24(33)28-19-5-3-4-6-20(19)34-2)22(16-7-9-18(32)10-8-16)31-25(27-15)29-23(30-31)17-11-13-26-14-12-17/h3-14,22,32H,1-2H3,(H,28,33)(H,27,29,30). The predicted octanol–water partition coefficient (Wildman–Crippen LogP) is 3.98. The number of nitrogens with one attached hydrogen (secondary N) is 2. The fourth-order valence-corrected chi connectivity index (χ4v) is 3.97. The molecular weight excluding hydrogens is 432 g/mol. The first-order chi connectivity index (χ1) is 16.5. The maximum atomic E-state index is 13.6. The molecule has 1 aliphatic heterocycles. The molecular formula is C25H22N6O3. The Labute approximate surface area is 195 Å². The second kappa shape index (κ2) is 8.70. The van der Waals surface area contributed by atoms with Crippen LogP contribution in [-0.4, -0.2) is 37.9 Å². The van der Waals surface area contributed by atoms with Crippen LogP contribution in [0.3, 0.4) is 0 Å². The van der Waals surface area contributed by atoms with E-state index in [0.717, 1.165) is 11.1 Å². The molecule has 0 spiro atoms. The normalized spacial score (nSPS) is 14.8. The van der Waals surface area contributed by atoms with E-state index in [2.05, 4.69) is 20.6 Å². The van der Waals surface area contributed by atoms with Gasteiger partial charge in [-0.15, -0.1) is 5.10 Å². The third-order valence-electron chi connectivity index (χ3n) is 5.60. The van der Waals surface area contributed by atoms with E-state index in [1.807, 2.05) is 31.2 Å². The number of rotatable bonds is 5. The summed E-state index contributed by atoms with van der Waals surface area (Å²) in [6.07, 6.45) is 3.35. The number of carbonyl (C=O) groups is 1. The number of aromatic nitrogens is 4. The van der Waals surface area contributed by atoms with Gasteiger partial charge in [-0.25, -0.2) is 4.68 Å². The first-order valence-electron chi connectivity index (χ1n) is 10.6. The zero-order chi connectivity index (χ0) is 23.7. The summed E-state index contributed by atoms with van der Waals surface area (Å²) < 4.78 is 7.07. The van der Waals surface area contributed by atoms with Crippen LogP contribution < -0.4 is 15.4 Å². The third-order valence-corrected chi connectivity index (χ3v) is 5.60. The minimum atomic E-state index is -0.574. The number of methoxy groups -OCH3 is 1. The number of para-hydroxylation sites is 2. The van der Waals surface area contributed by atoms with Gasteiger partial charge in [0, 0.05) is 23.7 Å². The van der Waals surface area contributed by atoms with Crippen molar-refractivity contribution in [3.05, 3.63) is 89.9 Å². The molecule has 0 aliphatic carbocycles. The van der Waals surface area contributed by atoms with Crippen molar-refractivity contribution in [1.29, 1.82) is 0 Å². The molecule has 3 N–H and O–H groups in total. The van der Waals surface area contributed by atoms with Gasteiger partial charge in [-0.3, -0.25) is 9.78 Å². The van der Waals surface area contributed by atoms with Gasteiger partial charge in [0.1, 0.15) is 17.5 Å². The van der Waals surface area contributed by atoms with Gasteiger partial charge in [0.25, 0.3) is 5.91 Å². The molecule has 3 heterocycles. The van der Waals surface area contributed by atoms with Crippen LogP contribution in [0, 0.1) is 0 Å². The molecule has 9 heteroatoms. The van der Waals surface area contributed by atoms with Crippen LogP contribution in [0.5, 0.6) is 11.5 Å². The predicted molar refractivity (Wildman–Crippen MR) is 127 cm³/mol. The third kappa shape index (κ3) is 3.83. The van der Waals surface area contributed by atoms with Gasteiger partial charge in [-0.1, -0.05) is 24.3 Å². The van der Waals surface area contributed by atoms with E-state index in [0.29, 0.717) is 34.5 Å². The van der Waals surface area contributed by atoms with Crippen LogP contribution in [0.15, 0.2) is 84.3 Å². The van der Waals surface area contributed by atoms with Crippen molar-refractivity contribution in [3.63, 3.8) is 0 Å². The molecule has 1 atom stereocenters. The summed E-state index contributed by atoms with van der Waals surface area (Å²) in [7, 11) is 1.55. The Balaban J connectivity index is 1.60. The topological polar surface area (TPSA) is 114 Å². The number of hydrogen-bond acceptors (Lipinski definition) is 7. The first-order valence-corrected chi connectivity index (χ1v) is 10.6. The van der Waals surface area contributed by atoms with Crippen molar-refractivity contribution in [2.45, 2.75) is 13.0 Å². The Morgan fingerprint density at radius 2 is 1.82 bits per heavy atom. The summed E-state index contributed by atoms with van der Waals surface area (Å²) in [4.78, 5) is 22.3. The van der Waals surface area contributed by atoms with E-state index >= 15 is 0 Å². The number of anilines is 2. The number of fused-ring (bicyclic) bond motifs is 1. The lowest BCUT2D eigenvalue weighted by Gasteiger charge is -2.28. The Kier molecular flexibility index (Phi) is 5.43. The van der Waals surface area contributed by atoms with Crippen LogP contribution in [0.2, 0.25) is 0 Å². The van der Waals surface area contributed by atoms with Gasteiger partial charge in [-0.2, -0.15) is 4.98 Å². The fourth-order valence-electron chi connectivity index (χ4n) is 3.97. The molecule has 0 saturated heterocycles. The Hall–Kier alpha value is -4.66. The molecule has 2 aromatic heterocycles. The lowest BCUT2D eigenvalue weighted by Crippen LogP contribution is -2.31. The van der Waals surface area contributed by atoms with Crippen molar-refractivity contribution in [2.24, 2.45) is 0 Å². The summed E-state index contributed by atoms with van der Waals surface area (Å²) in [6.45, 7) is 1.83. The highest BCUT2D eigenvalue weighted by Gasteiger charge is 2.34. The molecule has 0 saturated carbocycles. The van der Waals surface area contributed by atoms with Gasteiger partial charge >= 0.3 is 0 Å². The second-order valence-electron chi connectivity index (χ2n) is 7.75. The van der Waals surface area contributed by atoms with Crippen LogP contribution in [0.25, 0.3) is 11.4 Å². The molecule has 4 aromatic rings. The number of allylic oxidation sites excluding steroid dienone is 1. The van der Waals surface area contributed by atoms with E-state index in [1.165, 1.54) is 0 Å². The largest absolute Gasteiger partial charge is 0.508 e. The Morgan fingerprint density at radius 1 is 1.09 bits per heavy atom. The number of pyridine rings is 1. The lowest BCUT2D eigenvalue weighted by molar-refractivity contribution is -0.113.